The maximum absolute atomic E-state index is 13.4. The van der Waals surface area contributed by atoms with Crippen LogP contribution in [0.15, 0.2) is 42.5 Å². The molecular weight excluding hydrogens is 479 g/mol. The topological polar surface area (TPSA) is 116 Å². The fraction of sp³-hybridized carbons (Fsp3) is 0.250. The number of H-pyrrole nitrogens is 1. The van der Waals surface area contributed by atoms with Gasteiger partial charge in [-0.15, -0.1) is 0 Å². The molecule has 9 nitrogen and oxygen atoms in total. The fourth-order valence-electron chi connectivity index (χ4n) is 4.69. The van der Waals surface area contributed by atoms with E-state index in [1.165, 1.54) is 43.2 Å². The molecule has 1 aromatic heterocycles. The van der Waals surface area contributed by atoms with E-state index in [4.69, 9.17) is 4.74 Å². The van der Waals surface area contributed by atoms with Gasteiger partial charge in [-0.3, -0.25) is 20.0 Å². The number of carbonyl (C=O) groups is 3. The predicted molar refractivity (Wildman–Crippen MR) is 120 cm³/mol. The summed E-state index contributed by atoms with van der Waals surface area (Å²) in [5.41, 5.74) is -0.847. The third-order valence-electron chi connectivity index (χ3n) is 6.45. The number of nitrogens with zero attached hydrogens (tertiary/aromatic N) is 2. The molecular formula is C24H20F3N5O4. The molecule has 1 saturated heterocycles. The monoisotopic (exact) mass is 499 g/mol. The quantitative estimate of drug-likeness (QED) is 0.467. The molecule has 3 heterocycles. The first kappa shape index (κ1) is 23.4. The van der Waals surface area contributed by atoms with Crippen molar-refractivity contribution < 1.29 is 32.3 Å². The SMILES string of the molecule is COc1ccc2c(c1)C(=O)N(C[C@@]1(c3ccc(-c4c(C(F)(F)F)n[nH]c4C)cc3)NC(=O)NC1=O)C2. The Morgan fingerprint density at radius 2 is 1.83 bits per heavy atom. The van der Waals surface area contributed by atoms with Crippen molar-refractivity contribution in [2.24, 2.45) is 0 Å². The van der Waals surface area contributed by atoms with Gasteiger partial charge in [0, 0.05) is 23.4 Å². The molecule has 186 valence electrons. The van der Waals surface area contributed by atoms with E-state index in [1.54, 1.807) is 18.2 Å². The number of amides is 4. The molecule has 3 aromatic rings. The number of rotatable bonds is 5. The van der Waals surface area contributed by atoms with E-state index in [1.807, 2.05) is 0 Å². The average Bonchev–Trinajstić information content (AvgIpc) is 3.47. The van der Waals surface area contributed by atoms with Crippen LogP contribution in [0.25, 0.3) is 11.1 Å². The van der Waals surface area contributed by atoms with Crippen molar-refractivity contribution in [3.8, 4) is 16.9 Å². The third-order valence-corrected chi connectivity index (χ3v) is 6.45. The second-order valence-corrected chi connectivity index (χ2v) is 8.65. The molecule has 5 rings (SSSR count). The summed E-state index contributed by atoms with van der Waals surface area (Å²) in [6.07, 6.45) is -4.66. The zero-order valence-corrected chi connectivity index (χ0v) is 19.1. The van der Waals surface area contributed by atoms with E-state index < -0.39 is 29.3 Å². The minimum Gasteiger partial charge on any atom is -0.497 e. The van der Waals surface area contributed by atoms with Gasteiger partial charge in [-0.25, -0.2) is 4.79 Å². The van der Waals surface area contributed by atoms with Crippen LogP contribution in [0.5, 0.6) is 5.75 Å². The van der Waals surface area contributed by atoms with Crippen LogP contribution in [0, 0.1) is 6.92 Å². The Hall–Kier alpha value is -4.35. The van der Waals surface area contributed by atoms with Crippen molar-refractivity contribution >= 4 is 17.8 Å². The van der Waals surface area contributed by atoms with Crippen LogP contribution in [-0.4, -0.2) is 46.6 Å². The van der Waals surface area contributed by atoms with Gasteiger partial charge in [0.25, 0.3) is 11.8 Å². The average molecular weight is 499 g/mol. The summed E-state index contributed by atoms with van der Waals surface area (Å²) < 4.78 is 45.5. The van der Waals surface area contributed by atoms with Crippen LogP contribution in [-0.2, 0) is 23.1 Å². The second-order valence-electron chi connectivity index (χ2n) is 8.65. The number of hydrogen-bond donors (Lipinski definition) is 3. The number of aromatic nitrogens is 2. The van der Waals surface area contributed by atoms with Crippen molar-refractivity contribution in [3.63, 3.8) is 0 Å². The molecule has 0 radical (unpaired) electrons. The number of imide groups is 1. The Kier molecular flexibility index (Phi) is 5.27. The Morgan fingerprint density at radius 1 is 1.11 bits per heavy atom. The van der Waals surface area contributed by atoms with Crippen molar-refractivity contribution in [1.82, 2.24) is 25.7 Å². The number of aryl methyl sites for hydroxylation is 1. The minimum absolute atomic E-state index is 0.109. The lowest BCUT2D eigenvalue weighted by Crippen LogP contribution is -2.52. The lowest BCUT2D eigenvalue weighted by atomic mass is 9.87. The number of alkyl halides is 3. The smallest absolute Gasteiger partial charge is 0.435 e. The molecule has 2 aliphatic rings. The maximum Gasteiger partial charge on any atom is 0.435 e. The highest BCUT2D eigenvalue weighted by atomic mass is 19.4. The van der Waals surface area contributed by atoms with Crippen molar-refractivity contribution in [1.29, 1.82) is 0 Å². The van der Waals surface area contributed by atoms with Gasteiger partial charge in [0.05, 0.1) is 13.7 Å². The summed E-state index contributed by atoms with van der Waals surface area (Å²) in [6, 6.07) is 10.1. The number of halogens is 3. The standard InChI is InChI=1S/C24H20F3N5O4/c1-12-18(19(31-30-12)24(25,26)27)13-3-6-15(7-4-13)23(21(34)28-22(35)29-23)11-32-10-14-5-8-16(36-2)9-17(14)20(32)33/h3-9H,10-11H2,1-2H3,(H,30,31)(H2,28,29,34,35)/t23-/m0/s1. The number of methoxy groups -OCH3 is 1. The summed E-state index contributed by atoms with van der Waals surface area (Å²) in [7, 11) is 1.48. The van der Waals surface area contributed by atoms with E-state index in [0.717, 1.165) is 5.56 Å². The van der Waals surface area contributed by atoms with E-state index >= 15 is 0 Å². The lowest BCUT2D eigenvalue weighted by Gasteiger charge is -2.31. The summed E-state index contributed by atoms with van der Waals surface area (Å²) in [5, 5.41) is 10.6. The summed E-state index contributed by atoms with van der Waals surface area (Å²) in [4.78, 5) is 39.7. The van der Waals surface area contributed by atoms with Crippen LogP contribution in [0.4, 0.5) is 18.0 Å². The second kappa shape index (κ2) is 8.11. The van der Waals surface area contributed by atoms with Gasteiger partial charge >= 0.3 is 12.2 Å². The number of carbonyl (C=O) groups excluding carboxylic acids is 3. The molecule has 12 heteroatoms. The number of ether oxygens (including phenoxy) is 1. The highest BCUT2D eigenvalue weighted by Gasteiger charge is 2.50. The van der Waals surface area contributed by atoms with Crippen molar-refractivity contribution in [2.75, 3.05) is 13.7 Å². The largest absolute Gasteiger partial charge is 0.497 e. The number of aromatic amines is 1. The molecule has 2 aromatic carbocycles. The van der Waals surface area contributed by atoms with Gasteiger partial charge in [0.15, 0.2) is 11.2 Å². The number of fused-ring (bicyclic) bond motifs is 1. The van der Waals surface area contributed by atoms with E-state index in [2.05, 4.69) is 20.8 Å². The zero-order valence-electron chi connectivity index (χ0n) is 19.1. The Balaban J connectivity index is 1.50. The van der Waals surface area contributed by atoms with E-state index in [-0.39, 0.29) is 35.8 Å². The van der Waals surface area contributed by atoms with Gasteiger partial charge in [-0.2, -0.15) is 18.3 Å². The molecule has 1 atom stereocenters. The third kappa shape index (κ3) is 3.65. The Labute approximate surface area is 202 Å². The molecule has 0 aliphatic carbocycles. The molecule has 0 saturated carbocycles. The molecule has 4 amide bonds. The van der Waals surface area contributed by atoms with Gasteiger partial charge < -0.3 is 15.0 Å². The summed E-state index contributed by atoms with van der Waals surface area (Å²) in [6.45, 7) is 1.51. The van der Waals surface area contributed by atoms with Gasteiger partial charge in [0.1, 0.15) is 5.75 Å². The Morgan fingerprint density at radius 3 is 2.44 bits per heavy atom. The first-order valence-corrected chi connectivity index (χ1v) is 10.9. The molecule has 36 heavy (non-hydrogen) atoms. The van der Waals surface area contributed by atoms with E-state index in [0.29, 0.717) is 16.9 Å². The molecule has 0 spiro atoms. The first-order chi connectivity index (χ1) is 17.0. The number of nitrogens with one attached hydrogen (secondary N) is 3. The van der Waals surface area contributed by atoms with E-state index in [9.17, 15) is 27.6 Å². The minimum atomic E-state index is -4.66. The van der Waals surface area contributed by atoms with Crippen LogP contribution in [0.2, 0.25) is 0 Å². The van der Waals surface area contributed by atoms with Gasteiger partial charge in [-0.1, -0.05) is 30.3 Å². The van der Waals surface area contributed by atoms with Crippen LogP contribution in [0.3, 0.4) is 0 Å². The zero-order chi connectivity index (χ0) is 25.8. The summed E-state index contributed by atoms with van der Waals surface area (Å²) >= 11 is 0. The van der Waals surface area contributed by atoms with Crippen molar-refractivity contribution in [2.45, 2.75) is 25.2 Å². The molecule has 0 bridgehead atoms. The number of hydrogen-bond acceptors (Lipinski definition) is 5. The van der Waals surface area contributed by atoms with Gasteiger partial charge in [-0.05, 0) is 35.7 Å². The van der Waals surface area contributed by atoms with Gasteiger partial charge in [0.2, 0.25) is 0 Å². The predicted octanol–water partition coefficient (Wildman–Crippen LogP) is 3.10. The van der Waals surface area contributed by atoms with Crippen LogP contribution >= 0.6 is 0 Å². The van der Waals surface area contributed by atoms with Crippen LogP contribution < -0.4 is 15.4 Å². The maximum atomic E-state index is 13.4. The highest BCUT2D eigenvalue weighted by Crippen LogP contribution is 2.38. The van der Waals surface area contributed by atoms with Crippen molar-refractivity contribution in [3.05, 3.63) is 70.5 Å². The first-order valence-electron chi connectivity index (χ1n) is 10.9. The summed E-state index contributed by atoms with van der Waals surface area (Å²) in [5.74, 6) is -0.497. The number of urea groups is 1. The normalized spacial score (nSPS) is 19.4. The molecule has 3 N–H and O–H groups in total. The molecule has 2 aliphatic heterocycles. The Bertz CT molecular complexity index is 1400. The number of benzene rings is 2. The fourth-order valence-corrected chi connectivity index (χ4v) is 4.69. The molecule has 1 fully saturated rings. The molecule has 0 unspecified atom stereocenters. The lowest BCUT2D eigenvalue weighted by molar-refractivity contribution is -0.140. The highest BCUT2D eigenvalue weighted by molar-refractivity contribution is 6.08. The van der Waals surface area contributed by atoms with Crippen LogP contribution in [0.1, 0.15) is 32.9 Å².